The second kappa shape index (κ2) is 10.7. The number of hydrogen-bond acceptors (Lipinski definition) is 5. The van der Waals surface area contributed by atoms with Crippen LogP contribution >= 0.6 is 11.3 Å². The van der Waals surface area contributed by atoms with Gasteiger partial charge in [0, 0.05) is 53.8 Å². The van der Waals surface area contributed by atoms with Crippen LogP contribution in [0.4, 0.5) is 11.4 Å². The van der Waals surface area contributed by atoms with Crippen LogP contribution < -0.4 is 9.64 Å². The third kappa shape index (κ3) is 4.35. The Bertz CT molecular complexity index is 2940. The number of thiophene rings is 1. The molecule has 0 saturated carbocycles. The number of nitrogens with zero attached hydrogens (tertiary/aromatic N) is 2. The van der Waals surface area contributed by atoms with Crippen LogP contribution in [0.15, 0.2) is 168 Å². The molecule has 0 radical (unpaired) electrons. The van der Waals surface area contributed by atoms with E-state index in [-0.39, 0.29) is 5.92 Å². The van der Waals surface area contributed by atoms with Crippen LogP contribution in [-0.4, -0.2) is 10.6 Å². The number of anilines is 2. The molecule has 5 heteroatoms. The van der Waals surface area contributed by atoms with Crippen LogP contribution in [0.3, 0.4) is 0 Å². The summed E-state index contributed by atoms with van der Waals surface area (Å²) in [5.41, 5.74) is 6.67. The van der Waals surface area contributed by atoms with E-state index in [0.29, 0.717) is 5.89 Å². The molecule has 1 aliphatic carbocycles. The molecule has 9 aromatic rings. The summed E-state index contributed by atoms with van der Waals surface area (Å²) in [5.74, 6) is 1.66. The van der Waals surface area contributed by atoms with Crippen molar-refractivity contribution in [3.63, 3.8) is 0 Å². The zero-order valence-electron chi connectivity index (χ0n) is 27.7. The number of fused-ring (bicyclic) bond motifs is 11. The van der Waals surface area contributed by atoms with Crippen molar-refractivity contribution in [2.75, 3.05) is 4.90 Å². The summed E-state index contributed by atoms with van der Waals surface area (Å²) >= 11 is 1.84. The van der Waals surface area contributed by atoms with Gasteiger partial charge in [0.05, 0.1) is 5.92 Å². The van der Waals surface area contributed by atoms with Gasteiger partial charge < -0.3 is 14.1 Å². The number of hydrogen-bond donors (Lipinski definition) is 0. The van der Waals surface area contributed by atoms with E-state index in [1.54, 1.807) is 0 Å². The van der Waals surface area contributed by atoms with Crippen LogP contribution in [-0.2, 0) is 0 Å². The number of ether oxygens (including phenoxy) is 1. The van der Waals surface area contributed by atoms with Gasteiger partial charge in [-0.25, -0.2) is 4.98 Å². The van der Waals surface area contributed by atoms with Crippen molar-refractivity contribution in [1.29, 1.82) is 0 Å². The molecule has 2 aromatic heterocycles. The van der Waals surface area contributed by atoms with Gasteiger partial charge in [0.2, 0.25) is 5.89 Å². The minimum Gasteiger partial charge on any atom is -0.482 e. The number of aromatic nitrogens is 1. The molecule has 51 heavy (non-hydrogen) atoms. The molecule has 0 fully saturated rings. The van der Waals surface area contributed by atoms with Crippen molar-refractivity contribution >= 4 is 75.5 Å². The summed E-state index contributed by atoms with van der Waals surface area (Å²) in [7, 11) is 0. The summed E-state index contributed by atoms with van der Waals surface area (Å²) in [6, 6.07) is 49.5. The Morgan fingerprint density at radius 3 is 2.33 bits per heavy atom. The Balaban J connectivity index is 1.15. The molecule has 2 unspecified atom stereocenters. The van der Waals surface area contributed by atoms with Crippen LogP contribution in [0, 0.1) is 0 Å². The highest BCUT2D eigenvalue weighted by Gasteiger charge is 2.44. The van der Waals surface area contributed by atoms with E-state index in [1.165, 1.54) is 25.7 Å². The van der Waals surface area contributed by atoms with Crippen molar-refractivity contribution < 1.29 is 9.15 Å². The highest BCUT2D eigenvalue weighted by atomic mass is 32.1. The second-order valence-corrected chi connectivity index (χ2v) is 14.8. The smallest absolute Gasteiger partial charge is 0.227 e. The van der Waals surface area contributed by atoms with Gasteiger partial charge in [0.25, 0.3) is 0 Å². The van der Waals surface area contributed by atoms with Crippen LogP contribution in [0.25, 0.3) is 64.3 Å². The van der Waals surface area contributed by atoms with E-state index < -0.39 is 5.60 Å². The van der Waals surface area contributed by atoms with Crippen molar-refractivity contribution in [1.82, 2.24) is 4.98 Å². The van der Waals surface area contributed by atoms with Crippen LogP contribution in [0.2, 0.25) is 0 Å². The molecule has 0 saturated heterocycles. The molecule has 3 heterocycles. The number of rotatable bonds is 4. The van der Waals surface area contributed by atoms with Gasteiger partial charge in [-0.05, 0) is 102 Å². The minimum absolute atomic E-state index is 0.0772. The Morgan fingerprint density at radius 2 is 1.41 bits per heavy atom. The number of allylic oxidation sites excluding steroid dienone is 1. The normalized spacial score (nSPS) is 18.0. The van der Waals surface area contributed by atoms with Crippen molar-refractivity contribution in [2.24, 2.45) is 0 Å². The van der Waals surface area contributed by atoms with Gasteiger partial charge in [0.15, 0.2) is 5.58 Å². The van der Waals surface area contributed by atoms with Gasteiger partial charge in [-0.3, -0.25) is 0 Å². The standard InChI is InChI=1S/C46H30N2O2S/c1-46-24-23-33(27-38(46)35-12-5-7-13-40(35)50-46)48(32-20-22-42-37(26-32)34-11-6-8-14-41(34)51-42)31-19-17-28-15-16-29-18-21-39-44(43(29)36(28)25-31)49-45(47-39)30-9-3-2-4-10-30/h2-27,38H,1H3. The lowest BCUT2D eigenvalue weighted by Gasteiger charge is -2.34. The minimum atomic E-state index is -0.444. The molecule has 0 N–H and O–H groups in total. The Labute approximate surface area is 298 Å². The molecule has 0 bridgehead atoms. The third-order valence-electron chi connectivity index (χ3n) is 10.6. The maximum atomic E-state index is 6.59. The monoisotopic (exact) mass is 674 g/mol. The molecule has 2 aliphatic rings. The van der Waals surface area contributed by atoms with Gasteiger partial charge in [0.1, 0.15) is 16.9 Å². The predicted octanol–water partition coefficient (Wildman–Crippen LogP) is 12.7. The zero-order valence-corrected chi connectivity index (χ0v) is 28.5. The first kappa shape index (κ1) is 28.6. The average Bonchev–Trinajstić information content (AvgIpc) is 3.86. The molecular weight excluding hydrogens is 645 g/mol. The van der Waals surface area contributed by atoms with Crippen molar-refractivity contribution in [3.8, 4) is 17.2 Å². The molecular formula is C46H30N2O2S. The lowest BCUT2D eigenvalue weighted by atomic mass is 9.81. The number of oxazole rings is 1. The van der Waals surface area contributed by atoms with Gasteiger partial charge >= 0.3 is 0 Å². The Kier molecular flexibility index (Phi) is 5.99. The third-order valence-corrected chi connectivity index (χ3v) is 11.8. The number of benzene rings is 7. The van der Waals surface area contributed by atoms with Crippen LogP contribution in [0.1, 0.15) is 18.4 Å². The van der Waals surface area contributed by atoms with Crippen molar-refractivity contribution in [2.45, 2.75) is 18.4 Å². The topological polar surface area (TPSA) is 38.5 Å². The molecule has 2 atom stereocenters. The van der Waals surface area contributed by atoms with Gasteiger partial charge in [-0.2, -0.15) is 0 Å². The summed E-state index contributed by atoms with van der Waals surface area (Å²) < 4.78 is 15.7. The average molecular weight is 675 g/mol. The largest absolute Gasteiger partial charge is 0.482 e. The first-order chi connectivity index (χ1) is 25.1. The van der Waals surface area contributed by atoms with E-state index in [1.807, 2.05) is 47.7 Å². The molecule has 1 aliphatic heterocycles. The lowest BCUT2D eigenvalue weighted by Crippen LogP contribution is -2.34. The van der Waals surface area contributed by atoms with Crippen molar-refractivity contribution in [3.05, 3.63) is 169 Å². The fourth-order valence-electron chi connectivity index (χ4n) is 8.11. The summed E-state index contributed by atoms with van der Waals surface area (Å²) in [6.07, 6.45) is 6.85. The zero-order chi connectivity index (χ0) is 33.7. The SMILES string of the molecule is CC12C=CC(N(c3ccc4sc5ccccc5c4c3)c3ccc4ccc5ccc6nc(-c7ccccc7)oc6c5c4c3)=CC1c1ccccc1O2. The molecule has 7 aromatic carbocycles. The van der Waals surface area contributed by atoms with E-state index in [4.69, 9.17) is 14.1 Å². The Morgan fingerprint density at radius 1 is 0.686 bits per heavy atom. The van der Waals surface area contributed by atoms with E-state index in [2.05, 4.69) is 133 Å². The maximum absolute atomic E-state index is 6.59. The molecule has 0 amide bonds. The molecule has 11 rings (SSSR count). The number of para-hydroxylation sites is 1. The van der Waals surface area contributed by atoms with E-state index in [0.717, 1.165) is 61.0 Å². The lowest BCUT2D eigenvalue weighted by molar-refractivity contribution is 0.155. The molecule has 0 spiro atoms. The molecule has 242 valence electrons. The quantitative estimate of drug-likeness (QED) is 0.174. The highest BCUT2D eigenvalue weighted by Crippen LogP contribution is 2.50. The second-order valence-electron chi connectivity index (χ2n) is 13.7. The highest BCUT2D eigenvalue weighted by molar-refractivity contribution is 7.25. The summed E-state index contributed by atoms with van der Waals surface area (Å²) in [6.45, 7) is 2.18. The van der Waals surface area contributed by atoms with Crippen LogP contribution in [0.5, 0.6) is 5.75 Å². The predicted molar refractivity (Wildman–Crippen MR) is 211 cm³/mol. The fourth-order valence-corrected chi connectivity index (χ4v) is 9.20. The first-order valence-electron chi connectivity index (χ1n) is 17.3. The van der Waals surface area contributed by atoms with Gasteiger partial charge in [-0.15, -0.1) is 11.3 Å². The van der Waals surface area contributed by atoms with Gasteiger partial charge in [-0.1, -0.05) is 78.9 Å². The first-order valence-corrected chi connectivity index (χ1v) is 18.1. The van der Waals surface area contributed by atoms with E-state index >= 15 is 0 Å². The summed E-state index contributed by atoms with van der Waals surface area (Å²) in [4.78, 5) is 7.32. The van der Waals surface area contributed by atoms with E-state index in [9.17, 15) is 0 Å². The summed E-state index contributed by atoms with van der Waals surface area (Å²) in [5, 5.41) is 7.01. The molecule has 4 nitrogen and oxygen atoms in total. The Hall–Kier alpha value is -6.17. The fraction of sp³-hybridized carbons (Fsp3) is 0.0652. The maximum Gasteiger partial charge on any atom is 0.227 e.